The van der Waals surface area contributed by atoms with Crippen molar-refractivity contribution in [2.24, 2.45) is 5.92 Å². The lowest BCUT2D eigenvalue weighted by molar-refractivity contribution is 0.0950. The zero-order valence-corrected chi connectivity index (χ0v) is 23.2. The van der Waals surface area contributed by atoms with Crippen LogP contribution >= 0.6 is 0 Å². The molecule has 1 saturated carbocycles. The molecule has 1 amide bonds. The van der Waals surface area contributed by atoms with Crippen LogP contribution in [0.5, 0.6) is 11.6 Å². The fourth-order valence-corrected chi connectivity index (χ4v) is 4.77. The Morgan fingerprint density at radius 3 is 2.67 bits per heavy atom. The minimum atomic E-state index is -0.370. The Morgan fingerprint density at radius 2 is 1.97 bits per heavy atom. The third-order valence-electron chi connectivity index (χ3n) is 7.54. The molecular formula is C31H36FN5O2. The van der Waals surface area contributed by atoms with Crippen LogP contribution in [0.3, 0.4) is 0 Å². The summed E-state index contributed by atoms with van der Waals surface area (Å²) in [4.78, 5) is 19.7. The van der Waals surface area contributed by atoms with Gasteiger partial charge in [-0.2, -0.15) is 10.1 Å². The summed E-state index contributed by atoms with van der Waals surface area (Å²) in [6, 6.07) is 14.1. The van der Waals surface area contributed by atoms with Crippen molar-refractivity contribution in [1.82, 2.24) is 24.8 Å². The molecule has 0 spiro atoms. The summed E-state index contributed by atoms with van der Waals surface area (Å²) in [7, 11) is 4.16. The van der Waals surface area contributed by atoms with E-state index in [1.165, 1.54) is 12.1 Å². The fraction of sp³-hybridized carbons (Fsp3) is 0.387. The van der Waals surface area contributed by atoms with Crippen LogP contribution in [0.15, 0.2) is 54.7 Å². The molecule has 1 fully saturated rings. The minimum absolute atomic E-state index is 0.0341. The van der Waals surface area contributed by atoms with Gasteiger partial charge in [0.2, 0.25) is 5.88 Å². The predicted octanol–water partition coefficient (Wildman–Crippen LogP) is 6.22. The number of amides is 1. The van der Waals surface area contributed by atoms with E-state index < -0.39 is 0 Å². The first kappa shape index (κ1) is 26.8. The maximum atomic E-state index is 13.9. The monoisotopic (exact) mass is 529 g/mol. The number of aromatic nitrogens is 3. The van der Waals surface area contributed by atoms with Gasteiger partial charge in [0.15, 0.2) is 5.65 Å². The van der Waals surface area contributed by atoms with Crippen LogP contribution in [0.25, 0.3) is 16.8 Å². The topological polar surface area (TPSA) is 71.8 Å². The standard InChI is InChI=1S/C31H36FN5O2/c1-19(13-14-36(4)5)21(3)28-17-29(39-25-8-6-7-23(32)16-25)35-30-27(18-33-37(28)30)22-9-12-26(20(2)15-22)31(38)34-24-10-11-24/h6-9,12,15-19,21,24H,10-11,13-14H2,1-5H3,(H,34,38). The maximum absolute atomic E-state index is 13.9. The lowest BCUT2D eigenvalue weighted by atomic mass is 9.89. The van der Waals surface area contributed by atoms with Crippen LogP contribution in [0, 0.1) is 18.7 Å². The SMILES string of the molecule is Cc1cc(-c2cnn3c(C(C)C(C)CCN(C)C)cc(Oc4cccc(F)c4)nc23)ccc1C(=O)NC1CC1. The first-order valence-corrected chi connectivity index (χ1v) is 13.6. The lowest BCUT2D eigenvalue weighted by Crippen LogP contribution is -2.26. The minimum Gasteiger partial charge on any atom is -0.439 e. The second-order valence-corrected chi connectivity index (χ2v) is 11.0. The Kier molecular flexibility index (Phi) is 7.66. The first-order chi connectivity index (χ1) is 18.7. The summed E-state index contributed by atoms with van der Waals surface area (Å²) < 4.78 is 21.8. The number of hydrogen-bond donors (Lipinski definition) is 1. The molecule has 39 heavy (non-hydrogen) atoms. The van der Waals surface area contributed by atoms with Crippen LogP contribution in [-0.4, -0.2) is 52.1 Å². The summed E-state index contributed by atoms with van der Waals surface area (Å²) in [5.41, 5.74) is 4.95. The Labute approximate surface area is 229 Å². The number of aryl methyl sites for hydroxylation is 1. The average Bonchev–Trinajstić information content (AvgIpc) is 3.61. The molecule has 2 atom stereocenters. The predicted molar refractivity (Wildman–Crippen MR) is 151 cm³/mol. The zero-order chi connectivity index (χ0) is 27.7. The molecule has 4 aromatic rings. The van der Waals surface area contributed by atoms with Gasteiger partial charge in [-0.1, -0.05) is 32.0 Å². The number of nitrogens with zero attached hydrogens (tertiary/aromatic N) is 4. The highest BCUT2D eigenvalue weighted by Crippen LogP contribution is 2.34. The number of hydrogen-bond acceptors (Lipinski definition) is 5. The third-order valence-corrected chi connectivity index (χ3v) is 7.54. The maximum Gasteiger partial charge on any atom is 0.251 e. The van der Waals surface area contributed by atoms with Crippen LogP contribution in [0.4, 0.5) is 4.39 Å². The highest BCUT2D eigenvalue weighted by Gasteiger charge is 2.25. The second kappa shape index (κ2) is 11.1. The van der Waals surface area contributed by atoms with Crippen LogP contribution in [-0.2, 0) is 0 Å². The molecule has 0 saturated heterocycles. The lowest BCUT2D eigenvalue weighted by Gasteiger charge is -2.23. The number of halogens is 1. The Hall–Kier alpha value is -3.78. The number of carbonyl (C=O) groups excluding carboxylic acids is 1. The van der Waals surface area contributed by atoms with E-state index in [-0.39, 0.29) is 17.6 Å². The van der Waals surface area contributed by atoms with Crippen molar-refractivity contribution >= 4 is 11.6 Å². The molecule has 0 aliphatic heterocycles. The largest absolute Gasteiger partial charge is 0.439 e. The Balaban J connectivity index is 1.55. The zero-order valence-electron chi connectivity index (χ0n) is 23.2. The normalized spacial score (nSPS) is 14.9. The van der Waals surface area contributed by atoms with E-state index in [0.717, 1.165) is 48.2 Å². The molecule has 2 heterocycles. The molecule has 2 unspecified atom stereocenters. The van der Waals surface area contributed by atoms with E-state index in [1.54, 1.807) is 12.1 Å². The Morgan fingerprint density at radius 1 is 1.18 bits per heavy atom. The van der Waals surface area contributed by atoms with Gasteiger partial charge >= 0.3 is 0 Å². The van der Waals surface area contributed by atoms with Gasteiger partial charge in [0, 0.05) is 35.2 Å². The van der Waals surface area contributed by atoms with E-state index in [0.29, 0.717) is 34.8 Å². The molecule has 1 N–H and O–H groups in total. The highest BCUT2D eigenvalue weighted by atomic mass is 19.1. The van der Waals surface area contributed by atoms with Crippen molar-refractivity contribution in [1.29, 1.82) is 0 Å². The van der Waals surface area contributed by atoms with Gasteiger partial charge in [0.05, 0.1) is 11.9 Å². The Bertz CT molecular complexity index is 1490. The van der Waals surface area contributed by atoms with Gasteiger partial charge < -0.3 is 15.0 Å². The first-order valence-electron chi connectivity index (χ1n) is 13.6. The van der Waals surface area contributed by atoms with Gasteiger partial charge in [-0.05, 0) is 82.1 Å². The highest BCUT2D eigenvalue weighted by molar-refractivity contribution is 5.97. The molecule has 0 bridgehead atoms. The van der Waals surface area contributed by atoms with E-state index in [2.05, 4.69) is 38.2 Å². The quantitative estimate of drug-likeness (QED) is 0.264. The number of carbonyl (C=O) groups is 1. The van der Waals surface area contributed by atoms with E-state index in [4.69, 9.17) is 14.8 Å². The van der Waals surface area contributed by atoms with Crippen LogP contribution in [0.1, 0.15) is 60.6 Å². The number of ether oxygens (including phenoxy) is 1. The van der Waals surface area contributed by atoms with Crippen molar-refractivity contribution in [3.05, 3.63) is 77.4 Å². The van der Waals surface area contributed by atoms with E-state index in [9.17, 15) is 9.18 Å². The molecular weight excluding hydrogens is 493 g/mol. The number of fused-ring (bicyclic) bond motifs is 1. The molecule has 0 radical (unpaired) electrons. The van der Waals surface area contributed by atoms with Crippen LogP contribution < -0.4 is 10.1 Å². The molecule has 1 aliphatic carbocycles. The van der Waals surface area contributed by atoms with E-state index in [1.807, 2.05) is 41.9 Å². The fourth-order valence-electron chi connectivity index (χ4n) is 4.77. The number of rotatable bonds is 10. The van der Waals surface area contributed by atoms with Gasteiger partial charge in [-0.3, -0.25) is 4.79 Å². The molecule has 7 nitrogen and oxygen atoms in total. The van der Waals surface area contributed by atoms with Crippen molar-refractivity contribution < 1.29 is 13.9 Å². The number of nitrogens with one attached hydrogen (secondary N) is 1. The summed E-state index contributed by atoms with van der Waals surface area (Å²) in [6.45, 7) is 7.37. The summed E-state index contributed by atoms with van der Waals surface area (Å²) in [5, 5.41) is 7.80. The molecule has 2 aromatic carbocycles. The summed E-state index contributed by atoms with van der Waals surface area (Å²) >= 11 is 0. The van der Waals surface area contributed by atoms with Crippen molar-refractivity contribution in [2.45, 2.75) is 52.0 Å². The van der Waals surface area contributed by atoms with Gasteiger partial charge in [0.25, 0.3) is 5.91 Å². The van der Waals surface area contributed by atoms with Crippen molar-refractivity contribution in [3.8, 4) is 22.8 Å². The van der Waals surface area contributed by atoms with Gasteiger partial charge in [0.1, 0.15) is 11.6 Å². The van der Waals surface area contributed by atoms with Gasteiger partial charge in [-0.25, -0.2) is 8.91 Å². The molecule has 204 valence electrons. The third kappa shape index (κ3) is 6.11. The number of benzene rings is 2. The van der Waals surface area contributed by atoms with Crippen molar-refractivity contribution in [2.75, 3.05) is 20.6 Å². The molecule has 1 aliphatic rings. The van der Waals surface area contributed by atoms with Crippen LogP contribution in [0.2, 0.25) is 0 Å². The molecule has 5 rings (SSSR count). The molecule has 8 heteroatoms. The van der Waals surface area contributed by atoms with Crippen molar-refractivity contribution in [3.63, 3.8) is 0 Å². The average molecular weight is 530 g/mol. The van der Waals surface area contributed by atoms with Gasteiger partial charge in [-0.15, -0.1) is 0 Å². The second-order valence-electron chi connectivity index (χ2n) is 11.0. The van der Waals surface area contributed by atoms with E-state index >= 15 is 0 Å². The summed E-state index contributed by atoms with van der Waals surface area (Å²) in [6.07, 6.45) is 4.93. The molecule has 2 aromatic heterocycles. The summed E-state index contributed by atoms with van der Waals surface area (Å²) in [5.74, 6) is 0.897. The smallest absolute Gasteiger partial charge is 0.251 e.